The van der Waals surface area contributed by atoms with Gasteiger partial charge in [-0.05, 0) is 25.0 Å². The third-order valence-electron chi connectivity index (χ3n) is 4.03. The molecule has 2 aromatic heterocycles. The van der Waals surface area contributed by atoms with Crippen LogP contribution in [-0.2, 0) is 11.3 Å². The van der Waals surface area contributed by atoms with Gasteiger partial charge in [-0.3, -0.25) is 4.79 Å². The molecule has 2 aromatic rings. The third-order valence-corrected chi connectivity index (χ3v) is 4.03. The first-order valence-electron chi connectivity index (χ1n) is 7.14. The number of hydrogen-bond acceptors (Lipinski definition) is 3. The first-order valence-corrected chi connectivity index (χ1v) is 7.14. The van der Waals surface area contributed by atoms with E-state index < -0.39 is 0 Å². The van der Waals surface area contributed by atoms with Crippen LogP contribution < -0.4 is 5.32 Å². The highest BCUT2D eigenvalue weighted by atomic mass is 16.2. The molecular weight excluding hydrogens is 252 g/mol. The van der Waals surface area contributed by atoms with Crippen LogP contribution in [-0.4, -0.2) is 39.6 Å². The molecule has 106 valence electrons. The molecule has 0 spiro atoms. The summed E-state index contributed by atoms with van der Waals surface area (Å²) in [5.74, 6) is 0.186. The van der Waals surface area contributed by atoms with E-state index in [9.17, 15) is 4.79 Å². The number of carbonyl (C=O) groups excluding carboxylic acids is 1. The first-order chi connectivity index (χ1) is 9.74. The molecule has 1 aliphatic heterocycles. The van der Waals surface area contributed by atoms with Crippen molar-refractivity contribution in [3.8, 4) is 0 Å². The summed E-state index contributed by atoms with van der Waals surface area (Å²) in [4.78, 5) is 13.2. The van der Waals surface area contributed by atoms with Gasteiger partial charge in [0.1, 0.15) is 0 Å². The van der Waals surface area contributed by atoms with Gasteiger partial charge in [0.2, 0.25) is 5.91 Å². The lowest BCUT2D eigenvalue weighted by molar-refractivity contribution is -0.129. The van der Waals surface area contributed by atoms with Crippen LogP contribution in [0.1, 0.15) is 25.3 Å². The lowest BCUT2D eigenvalue weighted by atomic mass is 10.0. The largest absolute Gasteiger partial charge is 0.343 e. The first kappa shape index (κ1) is 13.1. The fourth-order valence-electron chi connectivity index (χ4n) is 2.78. The van der Waals surface area contributed by atoms with Crippen molar-refractivity contribution in [3.63, 3.8) is 0 Å². The predicted molar refractivity (Wildman–Crippen MR) is 77.3 cm³/mol. The molecule has 1 amide bonds. The minimum Gasteiger partial charge on any atom is -0.343 e. The molecule has 3 heterocycles. The molecule has 1 N–H and O–H groups in total. The predicted octanol–water partition coefficient (Wildman–Crippen LogP) is 1.43. The molecule has 0 bridgehead atoms. The SMILES string of the molecule is CC(=O)N1CCC(NCc2cnn3ccccc23)CC1. The minimum absolute atomic E-state index is 0.186. The Labute approximate surface area is 118 Å². The zero-order chi connectivity index (χ0) is 13.9. The number of amides is 1. The monoisotopic (exact) mass is 272 g/mol. The highest BCUT2D eigenvalue weighted by Gasteiger charge is 2.20. The summed E-state index contributed by atoms with van der Waals surface area (Å²) in [6.07, 6.45) is 5.94. The van der Waals surface area contributed by atoms with Gasteiger partial charge in [-0.1, -0.05) is 6.07 Å². The Morgan fingerprint density at radius 3 is 2.95 bits per heavy atom. The maximum Gasteiger partial charge on any atom is 0.219 e. The Hall–Kier alpha value is -1.88. The van der Waals surface area contributed by atoms with Crippen LogP contribution in [0.2, 0.25) is 0 Å². The summed E-state index contributed by atoms with van der Waals surface area (Å²) in [6.45, 7) is 4.20. The zero-order valence-corrected chi connectivity index (χ0v) is 11.7. The van der Waals surface area contributed by atoms with E-state index >= 15 is 0 Å². The van der Waals surface area contributed by atoms with E-state index in [1.54, 1.807) is 6.92 Å². The van der Waals surface area contributed by atoms with Gasteiger partial charge in [0.25, 0.3) is 0 Å². The van der Waals surface area contributed by atoms with Crippen molar-refractivity contribution < 1.29 is 4.79 Å². The Bertz CT molecular complexity index is 599. The van der Waals surface area contributed by atoms with E-state index in [2.05, 4.69) is 16.5 Å². The van der Waals surface area contributed by atoms with Crippen molar-refractivity contribution in [2.75, 3.05) is 13.1 Å². The fraction of sp³-hybridized carbons (Fsp3) is 0.467. The van der Waals surface area contributed by atoms with Crippen molar-refractivity contribution in [1.82, 2.24) is 19.8 Å². The summed E-state index contributed by atoms with van der Waals surface area (Å²) in [5, 5.41) is 7.93. The average molecular weight is 272 g/mol. The fourth-order valence-corrected chi connectivity index (χ4v) is 2.78. The van der Waals surface area contributed by atoms with Crippen LogP contribution in [0.5, 0.6) is 0 Å². The average Bonchev–Trinajstić information content (AvgIpc) is 2.89. The van der Waals surface area contributed by atoms with Crippen molar-refractivity contribution in [1.29, 1.82) is 0 Å². The topological polar surface area (TPSA) is 49.6 Å². The van der Waals surface area contributed by atoms with Crippen LogP contribution in [0.25, 0.3) is 5.52 Å². The second kappa shape index (κ2) is 5.63. The number of rotatable bonds is 3. The Morgan fingerprint density at radius 2 is 2.20 bits per heavy atom. The van der Waals surface area contributed by atoms with Gasteiger partial charge in [-0.25, -0.2) is 4.52 Å². The molecule has 1 saturated heterocycles. The van der Waals surface area contributed by atoms with Gasteiger partial charge in [0.15, 0.2) is 0 Å². The van der Waals surface area contributed by atoms with E-state index in [4.69, 9.17) is 0 Å². The summed E-state index contributed by atoms with van der Waals surface area (Å²) >= 11 is 0. The minimum atomic E-state index is 0.186. The molecule has 0 unspecified atom stereocenters. The molecule has 3 rings (SSSR count). The molecular formula is C15H20N4O. The number of nitrogens with zero attached hydrogens (tertiary/aromatic N) is 3. The summed E-state index contributed by atoms with van der Waals surface area (Å²) < 4.78 is 1.90. The molecule has 0 aromatic carbocycles. The van der Waals surface area contributed by atoms with Crippen molar-refractivity contribution in [3.05, 3.63) is 36.2 Å². The van der Waals surface area contributed by atoms with Crippen LogP contribution in [0, 0.1) is 0 Å². The molecule has 1 aliphatic rings. The van der Waals surface area contributed by atoms with Gasteiger partial charge >= 0.3 is 0 Å². The smallest absolute Gasteiger partial charge is 0.219 e. The Morgan fingerprint density at radius 1 is 1.40 bits per heavy atom. The highest BCUT2D eigenvalue weighted by molar-refractivity contribution is 5.73. The molecule has 0 radical (unpaired) electrons. The molecule has 20 heavy (non-hydrogen) atoms. The van der Waals surface area contributed by atoms with Crippen LogP contribution in [0.4, 0.5) is 0 Å². The van der Waals surface area contributed by atoms with E-state index in [0.717, 1.165) is 38.0 Å². The van der Waals surface area contributed by atoms with Gasteiger partial charge in [0, 0.05) is 44.4 Å². The Kier molecular flexibility index (Phi) is 3.69. The highest BCUT2D eigenvalue weighted by Crippen LogP contribution is 2.13. The maximum atomic E-state index is 11.3. The van der Waals surface area contributed by atoms with E-state index in [1.165, 1.54) is 5.56 Å². The number of pyridine rings is 1. The van der Waals surface area contributed by atoms with Crippen molar-refractivity contribution in [2.24, 2.45) is 0 Å². The summed E-state index contributed by atoms with van der Waals surface area (Å²) in [7, 11) is 0. The number of carbonyl (C=O) groups is 1. The number of hydrogen-bond donors (Lipinski definition) is 1. The van der Waals surface area contributed by atoms with Crippen LogP contribution >= 0.6 is 0 Å². The molecule has 0 atom stereocenters. The number of aromatic nitrogens is 2. The second-order valence-electron chi connectivity index (χ2n) is 5.36. The number of nitrogens with one attached hydrogen (secondary N) is 1. The second-order valence-corrected chi connectivity index (χ2v) is 5.36. The molecule has 1 fully saturated rings. The molecule has 5 heteroatoms. The van der Waals surface area contributed by atoms with Crippen LogP contribution in [0.3, 0.4) is 0 Å². The van der Waals surface area contributed by atoms with Gasteiger partial charge < -0.3 is 10.2 Å². The number of piperidine rings is 1. The summed E-state index contributed by atoms with van der Waals surface area (Å²) in [5.41, 5.74) is 2.38. The van der Waals surface area contributed by atoms with Crippen LogP contribution in [0.15, 0.2) is 30.6 Å². The molecule has 5 nitrogen and oxygen atoms in total. The quantitative estimate of drug-likeness (QED) is 0.919. The third kappa shape index (κ3) is 2.67. The maximum absolute atomic E-state index is 11.3. The van der Waals surface area contributed by atoms with E-state index in [1.807, 2.05) is 33.9 Å². The van der Waals surface area contributed by atoms with E-state index in [-0.39, 0.29) is 5.91 Å². The number of fused-ring (bicyclic) bond motifs is 1. The lowest BCUT2D eigenvalue weighted by Gasteiger charge is -2.31. The molecule has 0 aliphatic carbocycles. The van der Waals surface area contributed by atoms with Gasteiger partial charge in [-0.2, -0.15) is 5.10 Å². The van der Waals surface area contributed by atoms with Crippen molar-refractivity contribution in [2.45, 2.75) is 32.4 Å². The lowest BCUT2D eigenvalue weighted by Crippen LogP contribution is -2.43. The zero-order valence-electron chi connectivity index (χ0n) is 11.7. The summed E-state index contributed by atoms with van der Waals surface area (Å²) in [6, 6.07) is 6.59. The standard InChI is InChI=1S/C15H20N4O/c1-12(20)18-8-5-14(6-9-18)16-10-13-11-17-19-7-3-2-4-15(13)19/h2-4,7,11,14,16H,5-6,8-10H2,1H3. The number of likely N-dealkylation sites (tertiary alicyclic amines) is 1. The Balaban J connectivity index is 1.57. The molecule has 0 saturated carbocycles. The van der Waals surface area contributed by atoms with Gasteiger partial charge in [0.05, 0.1) is 11.7 Å². The van der Waals surface area contributed by atoms with Crippen molar-refractivity contribution >= 4 is 11.4 Å². The normalized spacial score (nSPS) is 16.8. The van der Waals surface area contributed by atoms with E-state index in [0.29, 0.717) is 6.04 Å². The van der Waals surface area contributed by atoms with Gasteiger partial charge in [-0.15, -0.1) is 0 Å².